The minimum Gasteiger partial charge on any atom is -0.382 e. The number of pyridine rings is 1. The van der Waals surface area contributed by atoms with Gasteiger partial charge in [-0.1, -0.05) is 11.6 Å². The number of rotatable bonds is 5. The Kier molecular flexibility index (Phi) is 6.75. The maximum Gasteiger partial charge on any atom is 0.433 e. The molecule has 10 heteroatoms. The zero-order valence-corrected chi connectivity index (χ0v) is 20.0. The molecule has 1 aliphatic rings. The second-order valence-corrected chi connectivity index (χ2v) is 9.53. The fraction of sp³-hybridized carbons (Fsp3) is 0.458. The van der Waals surface area contributed by atoms with Gasteiger partial charge in [0.05, 0.1) is 16.8 Å². The van der Waals surface area contributed by atoms with Gasteiger partial charge in [0.25, 0.3) is 5.91 Å². The first-order valence-corrected chi connectivity index (χ1v) is 11.7. The number of halogens is 4. The van der Waals surface area contributed by atoms with Crippen molar-refractivity contribution in [3.8, 4) is 0 Å². The van der Waals surface area contributed by atoms with Gasteiger partial charge in [-0.05, 0) is 70.7 Å². The van der Waals surface area contributed by atoms with Gasteiger partial charge in [0.2, 0.25) is 0 Å². The van der Waals surface area contributed by atoms with Crippen molar-refractivity contribution in [2.45, 2.75) is 70.8 Å². The lowest BCUT2D eigenvalue weighted by atomic mass is 9.90. The van der Waals surface area contributed by atoms with Gasteiger partial charge in [-0.3, -0.25) is 9.48 Å². The molecule has 1 saturated carbocycles. The molecule has 0 aliphatic heterocycles. The first-order valence-electron chi connectivity index (χ1n) is 11.3. The number of nitrogens with one attached hydrogen (secondary N) is 2. The maximum absolute atomic E-state index is 13.4. The molecule has 2 heterocycles. The van der Waals surface area contributed by atoms with E-state index < -0.39 is 11.9 Å². The molecule has 0 bridgehead atoms. The molecule has 2 N–H and O–H groups in total. The summed E-state index contributed by atoms with van der Waals surface area (Å²) in [5.74, 6) is -0.185. The van der Waals surface area contributed by atoms with Gasteiger partial charge in [0.15, 0.2) is 0 Å². The molecule has 1 amide bonds. The van der Waals surface area contributed by atoms with Gasteiger partial charge in [-0.25, -0.2) is 4.98 Å². The largest absolute Gasteiger partial charge is 0.433 e. The van der Waals surface area contributed by atoms with Crippen molar-refractivity contribution >= 4 is 34.1 Å². The van der Waals surface area contributed by atoms with Crippen molar-refractivity contribution in [3.63, 3.8) is 0 Å². The molecule has 0 saturated heterocycles. The van der Waals surface area contributed by atoms with Crippen LogP contribution >= 0.6 is 11.6 Å². The third-order valence-electron chi connectivity index (χ3n) is 6.12. The van der Waals surface area contributed by atoms with Gasteiger partial charge in [0, 0.05) is 40.4 Å². The molecule has 0 radical (unpaired) electrons. The molecule has 182 valence electrons. The van der Waals surface area contributed by atoms with Crippen LogP contribution in [-0.4, -0.2) is 32.8 Å². The van der Waals surface area contributed by atoms with E-state index >= 15 is 0 Å². The minimum atomic E-state index is -4.56. The van der Waals surface area contributed by atoms with Gasteiger partial charge >= 0.3 is 6.18 Å². The maximum atomic E-state index is 13.4. The Labute approximate surface area is 200 Å². The molecular weight excluding hydrogens is 467 g/mol. The summed E-state index contributed by atoms with van der Waals surface area (Å²) >= 11 is 6.10. The van der Waals surface area contributed by atoms with Gasteiger partial charge < -0.3 is 10.6 Å². The molecule has 1 fully saturated rings. The van der Waals surface area contributed by atoms with Crippen LogP contribution in [0.25, 0.3) is 10.9 Å². The van der Waals surface area contributed by atoms with Crippen LogP contribution in [0.4, 0.5) is 18.9 Å². The van der Waals surface area contributed by atoms with Crippen LogP contribution in [-0.2, 0) is 6.18 Å². The highest BCUT2D eigenvalue weighted by molar-refractivity contribution is 6.31. The van der Waals surface area contributed by atoms with Crippen LogP contribution in [0.2, 0.25) is 5.02 Å². The molecule has 0 unspecified atom stereocenters. The van der Waals surface area contributed by atoms with Crippen LogP contribution in [0.1, 0.15) is 67.3 Å². The highest BCUT2D eigenvalue weighted by Crippen LogP contribution is 2.35. The summed E-state index contributed by atoms with van der Waals surface area (Å²) in [6, 6.07) is 5.60. The van der Waals surface area contributed by atoms with Crippen molar-refractivity contribution in [3.05, 3.63) is 52.4 Å². The second-order valence-electron chi connectivity index (χ2n) is 9.09. The Hall–Kier alpha value is -2.81. The lowest BCUT2D eigenvalue weighted by Crippen LogP contribution is -2.42. The number of hydrogen-bond donors (Lipinski definition) is 2. The van der Waals surface area contributed by atoms with Crippen LogP contribution < -0.4 is 10.6 Å². The summed E-state index contributed by atoms with van der Waals surface area (Å²) < 4.78 is 42.1. The summed E-state index contributed by atoms with van der Waals surface area (Å²) in [5.41, 5.74) is 0.805. The third-order valence-corrected chi connectivity index (χ3v) is 6.36. The number of carbonyl (C=O) groups is 1. The average molecular weight is 494 g/mol. The highest BCUT2D eigenvalue weighted by Gasteiger charge is 2.34. The second kappa shape index (κ2) is 9.44. The molecule has 1 aliphatic carbocycles. The smallest absolute Gasteiger partial charge is 0.382 e. The van der Waals surface area contributed by atoms with Crippen LogP contribution in [0.15, 0.2) is 30.5 Å². The predicted molar refractivity (Wildman–Crippen MR) is 126 cm³/mol. The summed E-state index contributed by atoms with van der Waals surface area (Å²) in [6.45, 7) is 5.79. The minimum absolute atomic E-state index is 0.0978. The Bertz CT molecular complexity index is 1210. The number of benzene rings is 1. The lowest BCUT2D eigenvalue weighted by molar-refractivity contribution is -0.140. The zero-order chi connectivity index (χ0) is 24.6. The summed E-state index contributed by atoms with van der Waals surface area (Å²) in [6.07, 6.45) is 0.197. The molecule has 1 aromatic carbocycles. The van der Waals surface area contributed by atoms with Crippen LogP contribution in [0.5, 0.6) is 0 Å². The Morgan fingerprint density at radius 2 is 1.94 bits per heavy atom. The molecule has 2 atom stereocenters. The predicted octanol–water partition coefficient (Wildman–Crippen LogP) is 6.15. The molecule has 2 aromatic heterocycles. The first kappa shape index (κ1) is 24.3. The fourth-order valence-corrected chi connectivity index (χ4v) is 4.54. The van der Waals surface area contributed by atoms with Crippen molar-refractivity contribution < 1.29 is 18.0 Å². The average Bonchev–Trinajstić information content (AvgIpc) is 3.16. The van der Waals surface area contributed by atoms with Gasteiger partial charge in [-0.15, -0.1) is 0 Å². The highest BCUT2D eigenvalue weighted by atomic mass is 35.5. The molecule has 4 rings (SSSR count). The summed E-state index contributed by atoms with van der Waals surface area (Å²) in [7, 11) is 0. The number of fused-ring (bicyclic) bond motifs is 1. The number of anilines is 1. The van der Waals surface area contributed by atoms with Crippen molar-refractivity contribution in [2.75, 3.05) is 5.32 Å². The Morgan fingerprint density at radius 3 is 2.62 bits per heavy atom. The molecule has 0 spiro atoms. The van der Waals surface area contributed by atoms with E-state index in [-0.39, 0.29) is 29.5 Å². The number of carbonyl (C=O) groups excluding carboxylic acids is 1. The SMILES string of the molecule is Cc1nn(C(C)C)cc1C(=O)N[C@@H]1CCC[C@H](Nc2cc(C(F)(F)F)nc3ccc(Cl)cc23)C1. The van der Waals surface area contributed by atoms with E-state index in [0.29, 0.717) is 33.8 Å². The third kappa shape index (κ3) is 5.29. The number of hydrogen-bond acceptors (Lipinski definition) is 4. The lowest BCUT2D eigenvalue weighted by Gasteiger charge is -2.31. The van der Waals surface area contributed by atoms with Gasteiger partial charge in [0.1, 0.15) is 5.69 Å². The zero-order valence-electron chi connectivity index (χ0n) is 19.2. The van der Waals surface area contributed by atoms with E-state index in [1.165, 1.54) is 12.1 Å². The van der Waals surface area contributed by atoms with E-state index in [2.05, 4.69) is 20.7 Å². The molecular formula is C24H27ClF3N5O. The van der Waals surface area contributed by atoms with E-state index in [1.807, 2.05) is 13.8 Å². The Morgan fingerprint density at radius 1 is 1.21 bits per heavy atom. The number of nitrogens with zero attached hydrogens (tertiary/aromatic N) is 3. The van der Waals surface area contributed by atoms with E-state index in [9.17, 15) is 18.0 Å². The molecule has 6 nitrogen and oxygen atoms in total. The van der Waals surface area contributed by atoms with Crippen molar-refractivity contribution in [2.24, 2.45) is 0 Å². The number of amides is 1. The Balaban J connectivity index is 1.52. The monoisotopic (exact) mass is 493 g/mol. The summed E-state index contributed by atoms with van der Waals surface area (Å²) in [5, 5.41) is 11.7. The number of aryl methyl sites for hydroxylation is 1. The van der Waals surface area contributed by atoms with E-state index in [0.717, 1.165) is 25.3 Å². The van der Waals surface area contributed by atoms with E-state index in [4.69, 9.17) is 11.6 Å². The van der Waals surface area contributed by atoms with Crippen molar-refractivity contribution in [1.29, 1.82) is 0 Å². The normalized spacial score (nSPS) is 18.9. The number of alkyl halides is 3. The summed E-state index contributed by atoms with van der Waals surface area (Å²) in [4.78, 5) is 16.6. The van der Waals surface area contributed by atoms with Crippen molar-refractivity contribution in [1.82, 2.24) is 20.1 Å². The van der Waals surface area contributed by atoms with Gasteiger partial charge in [-0.2, -0.15) is 18.3 Å². The standard InChI is InChI=1S/C24H27ClF3N5O/c1-13(2)33-12-19(14(3)32-33)23(34)30-17-6-4-5-16(10-17)29-21-11-22(24(26,27)28)31-20-8-7-15(25)9-18(20)21/h7-9,11-13,16-17H,4-6,10H2,1-3H3,(H,29,31)(H,30,34)/t16-,17+/m0/s1. The van der Waals surface area contributed by atoms with Crippen LogP contribution in [0.3, 0.4) is 0 Å². The first-order chi connectivity index (χ1) is 16.0. The van der Waals surface area contributed by atoms with E-state index in [1.54, 1.807) is 23.9 Å². The fourth-order valence-electron chi connectivity index (χ4n) is 4.37. The molecule has 34 heavy (non-hydrogen) atoms. The molecule has 3 aromatic rings. The number of aromatic nitrogens is 3. The van der Waals surface area contributed by atoms with Crippen LogP contribution in [0, 0.1) is 6.92 Å². The quantitative estimate of drug-likeness (QED) is 0.447. The topological polar surface area (TPSA) is 71.8 Å².